The summed E-state index contributed by atoms with van der Waals surface area (Å²) in [4.78, 5) is 25.1. The molecule has 0 saturated heterocycles. The summed E-state index contributed by atoms with van der Waals surface area (Å²) in [5.41, 5.74) is 1.48. The molecule has 0 spiro atoms. The monoisotopic (exact) mass is 386 g/mol. The molecule has 0 fully saturated rings. The lowest BCUT2D eigenvalue weighted by Crippen LogP contribution is -2.47. The molecule has 0 aliphatic carbocycles. The topological polar surface area (TPSA) is 80.6 Å². The molecule has 2 aromatic rings. The first kappa shape index (κ1) is 21.7. The van der Waals surface area contributed by atoms with E-state index in [1.807, 2.05) is 51.1 Å². The zero-order valence-electron chi connectivity index (χ0n) is 16.9. The van der Waals surface area contributed by atoms with Crippen LogP contribution in [0.4, 0.5) is 0 Å². The fraction of sp³-hybridized carbons (Fsp3) is 0.455. The molecule has 152 valence electrons. The van der Waals surface area contributed by atoms with Crippen molar-refractivity contribution in [3.05, 3.63) is 59.5 Å². The Bertz CT molecular complexity index is 741. The first-order chi connectivity index (χ1) is 13.5. The molecule has 2 N–H and O–H groups in total. The van der Waals surface area contributed by atoms with Gasteiger partial charge in [-0.3, -0.25) is 9.59 Å². The van der Waals surface area contributed by atoms with Crippen molar-refractivity contribution in [2.75, 3.05) is 13.2 Å². The molecule has 1 aromatic heterocycles. The maximum absolute atomic E-state index is 12.6. The number of ether oxygens (including phenoxy) is 1. The van der Waals surface area contributed by atoms with Gasteiger partial charge in [0.05, 0.1) is 6.26 Å². The van der Waals surface area contributed by atoms with E-state index in [2.05, 4.69) is 10.6 Å². The van der Waals surface area contributed by atoms with Crippen LogP contribution >= 0.6 is 0 Å². The van der Waals surface area contributed by atoms with Crippen molar-refractivity contribution in [2.45, 2.75) is 46.3 Å². The van der Waals surface area contributed by atoms with E-state index in [-0.39, 0.29) is 17.7 Å². The zero-order chi connectivity index (χ0) is 20.4. The fourth-order valence-electron chi connectivity index (χ4n) is 2.84. The number of hydrogen-bond donors (Lipinski definition) is 2. The molecule has 0 radical (unpaired) electrons. The van der Waals surface area contributed by atoms with Gasteiger partial charge < -0.3 is 19.8 Å². The lowest BCUT2D eigenvalue weighted by atomic mass is 10.0. The normalized spacial score (nSPS) is 12.0. The molecular weight excluding hydrogens is 356 g/mol. The molecule has 0 bridgehead atoms. The van der Waals surface area contributed by atoms with Gasteiger partial charge in [-0.2, -0.15) is 0 Å². The van der Waals surface area contributed by atoms with E-state index in [0.717, 1.165) is 11.3 Å². The van der Waals surface area contributed by atoms with Crippen LogP contribution in [0.3, 0.4) is 0 Å². The molecule has 1 unspecified atom stereocenters. The van der Waals surface area contributed by atoms with Gasteiger partial charge in [0.1, 0.15) is 18.4 Å². The number of aryl methyl sites for hydroxylation is 1. The fourth-order valence-corrected chi connectivity index (χ4v) is 2.84. The highest BCUT2D eigenvalue weighted by Gasteiger charge is 2.22. The standard InChI is InChI=1S/C22H30N2O4/c1-16(2)14-20(24-21(25)19-10-5-4-8-17(19)3)22(26)23-11-7-12-27-15-18-9-6-13-28-18/h4-6,8-10,13,16,20H,7,11-12,14-15H2,1-3H3,(H,23,26)(H,24,25). The molecule has 2 rings (SSSR count). The molecule has 1 heterocycles. The average molecular weight is 386 g/mol. The number of nitrogens with one attached hydrogen (secondary N) is 2. The highest BCUT2D eigenvalue weighted by molar-refractivity contribution is 5.98. The molecule has 2 amide bonds. The summed E-state index contributed by atoms with van der Waals surface area (Å²) in [6, 6.07) is 10.5. The van der Waals surface area contributed by atoms with Gasteiger partial charge in [-0.15, -0.1) is 0 Å². The Labute approximate surface area is 166 Å². The van der Waals surface area contributed by atoms with Crippen molar-refractivity contribution >= 4 is 11.8 Å². The van der Waals surface area contributed by atoms with Gasteiger partial charge in [-0.25, -0.2) is 0 Å². The number of carbonyl (C=O) groups excluding carboxylic acids is 2. The Balaban J connectivity index is 1.78. The van der Waals surface area contributed by atoms with Crippen LogP contribution in [0.2, 0.25) is 0 Å². The van der Waals surface area contributed by atoms with Gasteiger partial charge in [0.2, 0.25) is 5.91 Å². The van der Waals surface area contributed by atoms with Crippen LogP contribution in [-0.4, -0.2) is 31.0 Å². The summed E-state index contributed by atoms with van der Waals surface area (Å²) >= 11 is 0. The summed E-state index contributed by atoms with van der Waals surface area (Å²) < 4.78 is 10.7. The second-order valence-corrected chi connectivity index (χ2v) is 7.25. The van der Waals surface area contributed by atoms with Crippen molar-refractivity contribution in [1.29, 1.82) is 0 Å². The van der Waals surface area contributed by atoms with Crippen LogP contribution in [0.15, 0.2) is 47.1 Å². The Kier molecular flexibility index (Phi) is 8.75. The van der Waals surface area contributed by atoms with E-state index in [1.54, 1.807) is 12.3 Å². The maximum Gasteiger partial charge on any atom is 0.252 e. The molecule has 6 nitrogen and oxygen atoms in total. The van der Waals surface area contributed by atoms with E-state index in [1.165, 1.54) is 0 Å². The van der Waals surface area contributed by atoms with Gasteiger partial charge in [0, 0.05) is 18.7 Å². The van der Waals surface area contributed by atoms with Crippen molar-refractivity contribution in [3.8, 4) is 0 Å². The molecule has 0 aliphatic rings. The zero-order valence-corrected chi connectivity index (χ0v) is 16.9. The number of furan rings is 1. The van der Waals surface area contributed by atoms with Crippen LogP contribution in [0.1, 0.15) is 48.4 Å². The van der Waals surface area contributed by atoms with E-state index >= 15 is 0 Å². The van der Waals surface area contributed by atoms with Crippen LogP contribution in [0.5, 0.6) is 0 Å². The summed E-state index contributed by atoms with van der Waals surface area (Å²) in [6.07, 6.45) is 2.88. The van der Waals surface area contributed by atoms with Crippen molar-refractivity contribution in [1.82, 2.24) is 10.6 Å². The van der Waals surface area contributed by atoms with Crippen molar-refractivity contribution in [3.63, 3.8) is 0 Å². The lowest BCUT2D eigenvalue weighted by Gasteiger charge is -2.20. The van der Waals surface area contributed by atoms with E-state index in [4.69, 9.17) is 9.15 Å². The second-order valence-electron chi connectivity index (χ2n) is 7.25. The number of rotatable bonds is 11. The predicted octanol–water partition coefficient (Wildman–Crippen LogP) is 3.46. The Morgan fingerprint density at radius 2 is 1.93 bits per heavy atom. The van der Waals surface area contributed by atoms with Gasteiger partial charge >= 0.3 is 0 Å². The highest BCUT2D eigenvalue weighted by atomic mass is 16.5. The van der Waals surface area contributed by atoms with Crippen molar-refractivity contribution < 1.29 is 18.7 Å². The van der Waals surface area contributed by atoms with Gasteiger partial charge in [-0.05, 0) is 49.4 Å². The number of hydrogen-bond acceptors (Lipinski definition) is 4. The summed E-state index contributed by atoms with van der Waals surface area (Å²) in [5.74, 6) is 0.673. The Hall–Kier alpha value is -2.60. The quantitative estimate of drug-likeness (QED) is 0.580. The molecular formula is C22H30N2O4. The van der Waals surface area contributed by atoms with E-state index < -0.39 is 6.04 Å². The SMILES string of the molecule is Cc1ccccc1C(=O)NC(CC(C)C)C(=O)NCCCOCc1ccco1. The smallest absolute Gasteiger partial charge is 0.252 e. The third kappa shape index (κ3) is 7.19. The highest BCUT2D eigenvalue weighted by Crippen LogP contribution is 2.10. The Morgan fingerprint density at radius 1 is 1.14 bits per heavy atom. The first-order valence-electron chi connectivity index (χ1n) is 9.71. The predicted molar refractivity (Wildman–Crippen MR) is 108 cm³/mol. The van der Waals surface area contributed by atoms with Gasteiger partial charge in [0.25, 0.3) is 5.91 Å². The van der Waals surface area contributed by atoms with Crippen LogP contribution in [0, 0.1) is 12.8 Å². The van der Waals surface area contributed by atoms with Gasteiger partial charge in [-0.1, -0.05) is 32.0 Å². The maximum atomic E-state index is 12.6. The van der Waals surface area contributed by atoms with Crippen LogP contribution in [-0.2, 0) is 16.1 Å². The minimum atomic E-state index is -0.559. The third-order valence-electron chi connectivity index (χ3n) is 4.31. The lowest BCUT2D eigenvalue weighted by molar-refractivity contribution is -0.123. The largest absolute Gasteiger partial charge is 0.467 e. The molecule has 1 atom stereocenters. The third-order valence-corrected chi connectivity index (χ3v) is 4.31. The molecule has 0 aliphatic heterocycles. The van der Waals surface area contributed by atoms with E-state index in [9.17, 15) is 9.59 Å². The van der Waals surface area contributed by atoms with Crippen LogP contribution < -0.4 is 10.6 Å². The Morgan fingerprint density at radius 3 is 2.61 bits per heavy atom. The number of benzene rings is 1. The molecule has 1 aromatic carbocycles. The van der Waals surface area contributed by atoms with E-state index in [0.29, 0.717) is 38.2 Å². The average Bonchev–Trinajstić information content (AvgIpc) is 3.17. The minimum absolute atomic E-state index is 0.165. The molecule has 6 heteroatoms. The minimum Gasteiger partial charge on any atom is -0.467 e. The molecule has 28 heavy (non-hydrogen) atoms. The summed E-state index contributed by atoms with van der Waals surface area (Å²) in [5, 5.41) is 5.78. The summed E-state index contributed by atoms with van der Waals surface area (Å²) in [7, 11) is 0. The van der Waals surface area contributed by atoms with Crippen LogP contribution in [0.25, 0.3) is 0 Å². The van der Waals surface area contributed by atoms with Crippen molar-refractivity contribution in [2.24, 2.45) is 5.92 Å². The second kappa shape index (κ2) is 11.3. The number of amides is 2. The summed E-state index contributed by atoms with van der Waals surface area (Å²) in [6.45, 7) is 7.38. The van der Waals surface area contributed by atoms with Gasteiger partial charge in [0.15, 0.2) is 0 Å². The molecule has 0 saturated carbocycles. The number of carbonyl (C=O) groups is 2. The first-order valence-corrected chi connectivity index (χ1v) is 9.71.